The molecule has 1 aromatic heterocycles. The minimum absolute atomic E-state index is 0.0632. The molecule has 2 atom stereocenters. The van der Waals surface area contributed by atoms with E-state index >= 15 is 0 Å². The van der Waals surface area contributed by atoms with Crippen LogP contribution in [0.1, 0.15) is 11.6 Å². The number of carbonyl (C=O) groups excluding carboxylic acids is 1. The number of carbonyl (C=O) groups is 1. The molecule has 142 valence electrons. The van der Waals surface area contributed by atoms with Gasteiger partial charge in [0.2, 0.25) is 5.91 Å². The molecule has 4 rings (SSSR count). The second kappa shape index (κ2) is 7.42. The number of nitrogens with zero attached hydrogens (tertiary/aromatic N) is 2. The summed E-state index contributed by atoms with van der Waals surface area (Å²) >= 11 is 0. The number of rotatable bonds is 4. The lowest BCUT2D eigenvalue weighted by molar-refractivity contribution is -0.119. The highest BCUT2D eigenvalue weighted by Gasteiger charge is 2.34. The maximum atomic E-state index is 12.8. The van der Waals surface area contributed by atoms with Gasteiger partial charge in [-0.2, -0.15) is 0 Å². The highest BCUT2D eigenvalue weighted by atomic mass is 16.6. The van der Waals surface area contributed by atoms with Crippen LogP contribution in [0.15, 0.2) is 36.5 Å². The number of amides is 1. The van der Waals surface area contributed by atoms with Gasteiger partial charge in [0, 0.05) is 20.6 Å². The van der Waals surface area contributed by atoms with E-state index in [-0.39, 0.29) is 17.9 Å². The number of pyridine rings is 1. The van der Waals surface area contributed by atoms with Gasteiger partial charge in [-0.1, -0.05) is 6.07 Å². The Labute approximate surface area is 157 Å². The lowest BCUT2D eigenvalue weighted by atomic mass is 9.93. The van der Waals surface area contributed by atoms with Gasteiger partial charge in [0.1, 0.15) is 19.0 Å². The van der Waals surface area contributed by atoms with E-state index in [1.807, 2.05) is 49.3 Å². The highest BCUT2D eigenvalue weighted by Crippen LogP contribution is 2.35. The van der Waals surface area contributed by atoms with E-state index in [4.69, 9.17) is 9.47 Å². The van der Waals surface area contributed by atoms with Crippen LogP contribution >= 0.6 is 0 Å². The minimum atomic E-state index is -0.263. The van der Waals surface area contributed by atoms with Crippen molar-refractivity contribution in [2.45, 2.75) is 6.04 Å². The molecule has 27 heavy (non-hydrogen) atoms. The highest BCUT2D eigenvalue weighted by molar-refractivity contribution is 5.93. The Hall–Kier alpha value is -2.84. The number of fused-ring (bicyclic) bond motifs is 1. The molecule has 1 aromatic carbocycles. The molecular weight excluding hydrogens is 346 g/mol. The lowest BCUT2D eigenvalue weighted by Crippen LogP contribution is -2.30. The van der Waals surface area contributed by atoms with Gasteiger partial charge in [-0.05, 0) is 29.8 Å². The van der Waals surface area contributed by atoms with Crippen molar-refractivity contribution in [2.24, 2.45) is 5.92 Å². The predicted molar refractivity (Wildman–Crippen MR) is 102 cm³/mol. The summed E-state index contributed by atoms with van der Waals surface area (Å²) < 4.78 is 11.2. The Morgan fingerprint density at radius 2 is 2.00 bits per heavy atom. The molecule has 8 heteroatoms. The normalized spacial score (nSPS) is 21.0. The SMILES string of the molecule is CN(C)c1ccc(NC(=O)C2CNNC2c2ccc3c(c2)OCCO3)cn1. The molecule has 3 heterocycles. The first-order valence-corrected chi connectivity index (χ1v) is 8.94. The van der Waals surface area contributed by atoms with Crippen molar-refractivity contribution in [3.8, 4) is 11.5 Å². The topological polar surface area (TPSA) is 87.8 Å². The molecule has 8 nitrogen and oxygen atoms in total. The standard InChI is InChI=1S/C19H23N5O3/c1-24(2)17-6-4-13(10-20-17)22-19(25)14-11-21-23-18(14)12-3-5-15-16(9-12)27-8-7-26-15/h3-6,9-10,14,18,21,23H,7-8,11H2,1-2H3,(H,22,25). The van der Waals surface area contributed by atoms with Crippen LogP contribution in [0, 0.1) is 5.92 Å². The fourth-order valence-corrected chi connectivity index (χ4v) is 3.27. The quantitative estimate of drug-likeness (QED) is 0.749. The third kappa shape index (κ3) is 3.67. The van der Waals surface area contributed by atoms with Gasteiger partial charge in [0.25, 0.3) is 0 Å². The second-order valence-corrected chi connectivity index (χ2v) is 6.80. The zero-order chi connectivity index (χ0) is 18.8. The number of ether oxygens (including phenoxy) is 2. The van der Waals surface area contributed by atoms with E-state index in [1.54, 1.807) is 6.20 Å². The van der Waals surface area contributed by atoms with Crippen molar-refractivity contribution >= 4 is 17.4 Å². The molecule has 0 aliphatic carbocycles. The fraction of sp³-hybridized carbons (Fsp3) is 0.368. The molecule has 3 N–H and O–H groups in total. The van der Waals surface area contributed by atoms with Crippen molar-refractivity contribution in [3.63, 3.8) is 0 Å². The first-order chi connectivity index (χ1) is 13.1. The largest absolute Gasteiger partial charge is 0.486 e. The molecule has 0 radical (unpaired) electrons. The lowest BCUT2D eigenvalue weighted by Gasteiger charge is -2.22. The van der Waals surface area contributed by atoms with Gasteiger partial charge < -0.3 is 19.7 Å². The van der Waals surface area contributed by atoms with Crippen molar-refractivity contribution < 1.29 is 14.3 Å². The molecule has 1 amide bonds. The molecule has 0 saturated carbocycles. The summed E-state index contributed by atoms with van der Waals surface area (Å²) in [6.45, 7) is 1.63. The molecule has 2 unspecified atom stereocenters. The van der Waals surface area contributed by atoms with Crippen LogP contribution in [0.5, 0.6) is 11.5 Å². The molecule has 2 aliphatic rings. The molecule has 0 bridgehead atoms. The molecular formula is C19H23N5O3. The summed E-state index contributed by atoms with van der Waals surface area (Å²) in [5, 5.41) is 2.96. The third-order valence-corrected chi connectivity index (χ3v) is 4.72. The Morgan fingerprint density at radius 1 is 1.19 bits per heavy atom. The fourth-order valence-electron chi connectivity index (χ4n) is 3.27. The number of hydrogen-bond donors (Lipinski definition) is 3. The van der Waals surface area contributed by atoms with Crippen LogP contribution in [0.2, 0.25) is 0 Å². The Balaban J connectivity index is 1.48. The van der Waals surface area contributed by atoms with Gasteiger partial charge >= 0.3 is 0 Å². The van der Waals surface area contributed by atoms with Gasteiger partial charge in [0.05, 0.1) is 23.8 Å². The second-order valence-electron chi connectivity index (χ2n) is 6.80. The Morgan fingerprint density at radius 3 is 2.74 bits per heavy atom. The third-order valence-electron chi connectivity index (χ3n) is 4.72. The Bertz CT molecular complexity index is 825. The number of anilines is 2. The van der Waals surface area contributed by atoms with Crippen molar-refractivity contribution in [2.75, 3.05) is 44.1 Å². The zero-order valence-corrected chi connectivity index (χ0v) is 15.4. The number of benzene rings is 1. The zero-order valence-electron chi connectivity index (χ0n) is 15.4. The van der Waals surface area contributed by atoms with Crippen LogP contribution in [0.3, 0.4) is 0 Å². The van der Waals surface area contributed by atoms with Crippen molar-refractivity contribution in [1.29, 1.82) is 0 Å². The first-order valence-electron chi connectivity index (χ1n) is 8.94. The molecule has 2 aliphatic heterocycles. The van der Waals surface area contributed by atoms with E-state index in [2.05, 4.69) is 21.2 Å². The summed E-state index contributed by atoms with van der Waals surface area (Å²) in [5.74, 6) is 1.97. The van der Waals surface area contributed by atoms with Gasteiger partial charge in [0.15, 0.2) is 11.5 Å². The number of aromatic nitrogens is 1. The molecule has 1 fully saturated rings. The van der Waals surface area contributed by atoms with Gasteiger partial charge in [-0.15, -0.1) is 0 Å². The summed E-state index contributed by atoms with van der Waals surface area (Å²) in [5.41, 5.74) is 7.93. The smallest absolute Gasteiger partial charge is 0.230 e. The first kappa shape index (κ1) is 17.6. The number of hydrogen-bond acceptors (Lipinski definition) is 7. The number of hydrazine groups is 1. The average molecular weight is 369 g/mol. The van der Waals surface area contributed by atoms with Gasteiger partial charge in [-0.25, -0.2) is 10.4 Å². The minimum Gasteiger partial charge on any atom is -0.486 e. The van der Waals surface area contributed by atoms with Crippen molar-refractivity contribution in [1.82, 2.24) is 15.8 Å². The van der Waals surface area contributed by atoms with Crippen LogP contribution in [0.4, 0.5) is 11.5 Å². The summed E-state index contributed by atoms with van der Waals surface area (Å²) in [6, 6.07) is 9.37. The predicted octanol–water partition coefficient (Wildman–Crippen LogP) is 1.32. The van der Waals surface area contributed by atoms with Crippen LogP contribution < -0.4 is 30.5 Å². The van der Waals surface area contributed by atoms with Gasteiger partial charge in [-0.3, -0.25) is 10.2 Å². The van der Waals surface area contributed by atoms with Crippen molar-refractivity contribution in [3.05, 3.63) is 42.1 Å². The summed E-state index contributed by atoms with van der Waals surface area (Å²) in [4.78, 5) is 19.1. The maximum Gasteiger partial charge on any atom is 0.230 e. The van der Waals surface area contributed by atoms with E-state index < -0.39 is 0 Å². The Kier molecular flexibility index (Phi) is 4.83. The average Bonchev–Trinajstić information content (AvgIpc) is 3.18. The van der Waals surface area contributed by atoms with Crippen LogP contribution in [0.25, 0.3) is 0 Å². The molecule has 1 saturated heterocycles. The maximum absolute atomic E-state index is 12.8. The van der Waals surface area contributed by atoms with E-state index in [1.165, 1.54) is 0 Å². The monoisotopic (exact) mass is 369 g/mol. The molecule has 0 spiro atoms. The van der Waals surface area contributed by atoms with E-state index in [9.17, 15) is 4.79 Å². The van der Waals surface area contributed by atoms with E-state index in [0.717, 1.165) is 22.9 Å². The molecule has 2 aromatic rings. The van der Waals surface area contributed by atoms with Crippen LogP contribution in [-0.4, -0.2) is 44.7 Å². The number of nitrogens with one attached hydrogen (secondary N) is 3. The summed E-state index contributed by atoms with van der Waals surface area (Å²) in [6.07, 6.45) is 1.67. The summed E-state index contributed by atoms with van der Waals surface area (Å²) in [7, 11) is 3.85. The van der Waals surface area contributed by atoms with E-state index in [0.29, 0.717) is 25.4 Å². The van der Waals surface area contributed by atoms with Crippen LogP contribution in [-0.2, 0) is 4.79 Å².